The summed E-state index contributed by atoms with van der Waals surface area (Å²) in [5, 5.41) is 1.65. The summed E-state index contributed by atoms with van der Waals surface area (Å²) in [5.74, 6) is 0.725. The zero-order valence-corrected chi connectivity index (χ0v) is 8.77. The predicted octanol–water partition coefficient (Wildman–Crippen LogP) is 2.47. The molecule has 3 heteroatoms. The molecule has 0 spiro atoms. The summed E-state index contributed by atoms with van der Waals surface area (Å²) in [6.45, 7) is 0. The minimum atomic E-state index is 0.410. The van der Waals surface area contributed by atoms with Crippen molar-refractivity contribution in [3.05, 3.63) is 41.5 Å². The average Bonchev–Trinajstić information content (AvgIpc) is 2.36. The van der Waals surface area contributed by atoms with Crippen LogP contribution in [0.1, 0.15) is 20.7 Å². The number of aldehydes is 2. The van der Waals surface area contributed by atoms with E-state index in [0.29, 0.717) is 23.7 Å². The predicted molar refractivity (Wildman–Crippen MR) is 61.3 cm³/mol. The normalized spacial score (nSPS) is 10.1. The van der Waals surface area contributed by atoms with Crippen LogP contribution < -0.4 is 4.74 Å². The molecule has 2 aromatic carbocycles. The molecule has 2 aromatic rings. The van der Waals surface area contributed by atoms with E-state index in [-0.39, 0.29) is 0 Å². The maximum atomic E-state index is 11.0. The smallest absolute Gasteiger partial charge is 0.151 e. The van der Waals surface area contributed by atoms with Crippen LogP contribution in [0.3, 0.4) is 0 Å². The van der Waals surface area contributed by atoms with E-state index in [2.05, 4.69) is 0 Å². The van der Waals surface area contributed by atoms with E-state index in [4.69, 9.17) is 4.74 Å². The van der Waals surface area contributed by atoms with Crippen LogP contribution in [0.25, 0.3) is 10.8 Å². The number of hydrogen-bond acceptors (Lipinski definition) is 3. The Morgan fingerprint density at radius 2 is 1.88 bits per heavy atom. The molecule has 0 aliphatic heterocycles. The van der Waals surface area contributed by atoms with Gasteiger partial charge in [0.1, 0.15) is 5.75 Å². The second kappa shape index (κ2) is 4.14. The number of carbonyl (C=O) groups is 2. The lowest BCUT2D eigenvalue weighted by Crippen LogP contribution is -1.93. The molecule has 0 aromatic heterocycles. The Kier molecular flexibility index (Phi) is 2.68. The molecular formula is C13H10O3. The molecule has 0 saturated heterocycles. The summed E-state index contributed by atoms with van der Waals surface area (Å²) in [7, 11) is 1.58. The summed E-state index contributed by atoms with van der Waals surface area (Å²) in [4.78, 5) is 21.7. The van der Waals surface area contributed by atoms with Crippen LogP contribution in [0, 0.1) is 0 Å². The zero-order chi connectivity index (χ0) is 11.5. The molecule has 0 bridgehead atoms. The Hall–Kier alpha value is -2.16. The van der Waals surface area contributed by atoms with Crippen LogP contribution in [-0.2, 0) is 0 Å². The van der Waals surface area contributed by atoms with E-state index in [0.717, 1.165) is 16.5 Å². The van der Waals surface area contributed by atoms with Crippen LogP contribution in [0.2, 0.25) is 0 Å². The van der Waals surface area contributed by atoms with Gasteiger partial charge in [-0.25, -0.2) is 0 Å². The van der Waals surface area contributed by atoms with E-state index in [1.165, 1.54) is 0 Å². The zero-order valence-electron chi connectivity index (χ0n) is 8.77. The molecule has 2 rings (SSSR count). The number of rotatable bonds is 3. The highest BCUT2D eigenvalue weighted by molar-refractivity contribution is 6.05. The lowest BCUT2D eigenvalue weighted by atomic mass is 10.0. The van der Waals surface area contributed by atoms with Gasteiger partial charge in [0.25, 0.3) is 0 Å². The van der Waals surface area contributed by atoms with Crippen LogP contribution in [-0.4, -0.2) is 19.7 Å². The Bertz CT molecular complexity index is 558. The van der Waals surface area contributed by atoms with Crippen molar-refractivity contribution in [1.29, 1.82) is 0 Å². The number of benzene rings is 2. The lowest BCUT2D eigenvalue weighted by molar-refractivity contribution is 0.109. The Labute approximate surface area is 92.6 Å². The SMILES string of the molecule is COc1ccc2c(C=O)c(C=O)ccc2c1. The molecule has 0 fully saturated rings. The topological polar surface area (TPSA) is 43.4 Å². The molecule has 0 N–H and O–H groups in total. The first-order valence-corrected chi connectivity index (χ1v) is 4.81. The van der Waals surface area contributed by atoms with Gasteiger partial charge in [-0.15, -0.1) is 0 Å². The highest BCUT2D eigenvalue weighted by Crippen LogP contribution is 2.24. The minimum absolute atomic E-state index is 0.410. The second-order valence-corrected chi connectivity index (χ2v) is 3.39. The van der Waals surface area contributed by atoms with Crippen molar-refractivity contribution in [3.8, 4) is 5.75 Å². The molecule has 0 unspecified atom stereocenters. The fraction of sp³-hybridized carbons (Fsp3) is 0.0769. The van der Waals surface area contributed by atoms with Gasteiger partial charge in [0, 0.05) is 11.1 Å². The van der Waals surface area contributed by atoms with E-state index >= 15 is 0 Å². The van der Waals surface area contributed by atoms with Crippen LogP contribution in [0.15, 0.2) is 30.3 Å². The molecule has 0 aliphatic rings. The van der Waals surface area contributed by atoms with Crippen molar-refractivity contribution in [1.82, 2.24) is 0 Å². The largest absolute Gasteiger partial charge is 0.497 e. The molecule has 0 heterocycles. The molecule has 0 radical (unpaired) electrons. The van der Waals surface area contributed by atoms with E-state index in [1.54, 1.807) is 31.4 Å². The van der Waals surface area contributed by atoms with Gasteiger partial charge in [-0.1, -0.05) is 12.1 Å². The van der Waals surface area contributed by atoms with E-state index < -0.39 is 0 Å². The van der Waals surface area contributed by atoms with Crippen molar-refractivity contribution < 1.29 is 14.3 Å². The number of methoxy groups -OCH3 is 1. The molecule has 0 saturated carbocycles. The fourth-order valence-electron chi connectivity index (χ4n) is 1.71. The third-order valence-electron chi connectivity index (χ3n) is 2.55. The molecule has 80 valence electrons. The third kappa shape index (κ3) is 1.56. The molecule has 16 heavy (non-hydrogen) atoms. The van der Waals surface area contributed by atoms with Gasteiger partial charge in [-0.05, 0) is 29.0 Å². The first kappa shape index (κ1) is 10.4. The Balaban J connectivity index is 2.78. The van der Waals surface area contributed by atoms with Gasteiger partial charge in [0.15, 0.2) is 12.6 Å². The first-order chi connectivity index (χ1) is 7.80. The summed E-state index contributed by atoms with van der Waals surface area (Å²) < 4.78 is 5.09. The quantitative estimate of drug-likeness (QED) is 0.737. The third-order valence-corrected chi connectivity index (χ3v) is 2.55. The highest BCUT2D eigenvalue weighted by Gasteiger charge is 2.06. The average molecular weight is 214 g/mol. The van der Waals surface area contributed by atoms with E-state index in [1.807, 2.05) is 6.07 Å². The van der Waals surface area contributed by atoms with Crippen molar-refractivity contribution in [2.75, 3.05) is 7.11 Å². The van der Waals surface area contributed by atoms with Gasteiger partial charge < -0.3 is 4.74 Å². The van der Waals surface area contributed by atoms with Gasteiger partial charge in [0.05, 0.1) is 7.11 Å². The Morgan fingerprint density at radius 3 is 2.50 bits per heavy atom. The fourth-order valence-corrected chi connectivity index (χ4v) is 1.71. The number of hydrogen-bond donors (Lipinski definition) is 0. The Morgan fingerprint density at radius 1 is 1.06 bits per heavy atom. The molecule has 3 nitrogen and oxygen atoms in total. The monoisotopic (exact) mass is 214 g/mol. The highest BCUT2D eigenvalue weighted by atomic mass is 16.5. The van der Waals surface area contributed by atoms with E-state index in [9.17, 15) is 9.59 Å². The summed E-state index contributed by atoms with van der Waals surface area (Å²) >= 11 is 0. The van der Waals surface area contributed by atoms with Crippen molar-refractivity contribution in [2.24, 2.45) is 0 Å². The van der Waals surface area contributed by atoms with Crippen molar-refractivity contribution in [3.63, 3.8) is 0 Å². The maximum absolute atomic E-state index is 11.0. The molecule has 0 atom stereocenters. The standard InChI is InChI=1S/C13H10O3/c1-16-11-4-5-12-9(6-11)2-3-10(7-14)13(12)8-15/h2-8H,1H3. The van der Waals surface area contributed by atoms with Gasteiger partial charge in [-0.2, -0.15) is 0 Å². The first-order valence-electron chi connectivity index (χ1n) is 4.81. The molecule has 0 aliphatic carbocycles. The number of carbonyl (C=O) groups excluding carboxylic acids is 2. The van der Waals surface area contributed by atoms with Gasteiger partial charge >= 0.3 is 0 Å². The summed E-state index contributed by atoms with van der Waals surface area (Å²) in [6, 6.07) is 8.82. The van der Waals surface area contributed by atoms with Crippen molar-refractivity contribution >= 4 is 23.3 Å². The molecular weight excluding hydrogens is 204 g/mol. The van der Waals surface area contributed by atoms with Crippen LogP contribution in [0.4, 0.5) is 0 Å². The van der Waals surface area contributed by atoms with Crippen LogP contribution in [0.5, 0.6) is 5.75 Å². The van der Waals surface area contributed by atoms with Gasteiger partial charge in [-0.3, -0.25) is 9.59 Å². The van der Waals surface area contributed by atoms with Crippen molar-refractivity contribution in [2.45, 2.75) is 0 Å². The number of fused-ring (bicyclic) bond motifs is 1. The molecule has 0 amide bonds. The minimum Gasteiger partial charge on any atom is -0.497 e. The lowest BCUT2D eigenvalue weighted by Gasteiger charge is -2.05. The second-order valence-electron chi connectivity index (χ2n) is 3.39. The van der Waals surface area contributed by atoms with Crippen LogP contribution >= 0.6 is 0 Å². The maximum Gasteiger partial charge on any atom is 0.151 e. The van der Waals surface area contributed by atoms with Gasteiger partial charge in [0.2, 0.25) is 0 Å². The summed E-state index contributed by atoms with van der Waals surface area (Å²) in [6.07, 6.45) is 1.39. The number of ether oxygens (including phenoxy) is 1. The summed E-state index contributed by atoms with van der Waals surface area (Å²) in [5.41, 5.74) is 0.836.